The third-order valence-corrected chi connectivity index (χ3v) is 4.19. The van der Waals surface area contributed by atoms with Crippen LogP contribution in [0.5, 0.6) is 5.75 Å². The fourth-order valence-corrected chi connectivity index (χ4v) is 2.92. The molecule has 2 heterocycles. The minimum atomic E-state index is -0.230. The molecule has 1 fully saturated rings. The average Bonchev–Trinajstić information content (AvgIpc) is 2.92. The van der Waals surface area contributed by atoms with Crippen LogP contribution in [0.3, 0.4) is 0 Å². The van der Waals surface area contributed by atoms with Gasteiger partial charge in [-0.2, -0.15) is 0 Å². The van der Waals surface area contributed by atoms with E-state index < -0.39 is 0 Å². The second kappa shape index (κ2) is 6.92. The monoisotopic (exact) mass is 303 g/mol. The van der Waals surface area contributed by atoms with E-state index in [-0.39, 0.29) is 5.82 Å². The summed E-state index contributed by atoms with van der Waals surface area (Å²) in [6.45, 7) is 3.70. The lowest BCUT2D eigenvalue weighted by Crippen LogP contribution is -2.37. The molecule has 2 aromatic rings. The van der Waals surface area contributed by atoms with Crippen LogP contribution in [0.2, 0.25) is 0 Å². The molecule has 0 radical (unpaired) electrons. The number of aryl methyl sites for hydroxylation is 1. The second-order valence-electron chi connectivity index (χ2n) is 5.96. The molecule has 1 aromatic carbocycles. The highest BCUT2D eigenvalue weighted by Gasteiger charge is 2.21. The van der Waals surface area contributed by atoms with Crippen molar-refractivity contribution < 1.29 is 9.13 Å². The van der Waals surface area contributed by atoms with Crippen LogP contribution in [0.4, 0.5) is 4.39 Å². The molecule has 118 valence electrons. The maximum absolute atomic E-state index is 12.9. The van der Waals surface area contributed by atoms with E-state index in [4.69, 9.17) is 4.74 Å². The number of benzene rings is 1. The first-order valence-electron chi connectivity index (χ1n) is 7.77. The Morgan fingerprint density at radius 2 is 2.14 bits per heavy atom. The molecule has 4 nitrogen and oxygen atoms in total. The third kappa shape index (κ3) is 3.85. The first kappa shape index (κ1) is 15.0. The van der Waals surface area contributed by atoms with Gasteiger partial charge in [-0.05, 0) is 43.7 Å². The number of piperidine rings is 1. The van der Waals surface area contributed by atoms with Crippen molar-refractivity contribution in [3.63, 3.8) is 0 Å². The van der Waals surface area contributed by atoms with Crippen molar-refractivity contribution in [2.75, 3.05) is 19.7 Å². The third-order valence-electron chi connectivity index (χ3n) is 4.19. The highest BCUT2D eigenvalue weighted by Crippen LogP contribution is 2.20. The zero-order valence-corrected chi connectivity index (χ0v) is 12.9. The quantitative estimate of drug-likeness (QED) is 0.851. The van der Waals surface area contributed by atoms with Crippen LogP contribution >= 0.6 is 0 Å². The normalized spacial score (nSPS) is 19.3. The number of likely N-dealkylation sites (tertiary alicyclic amines) is 1. The van der Waals surface area contributed by atoms with Crippen LogP contribution in [0.15, 0.2) is 36.7 Å². The van der Waals surface area contributed by atoms with Crippen molar-refractivity contribution in [2.24, 2.45) is 13.0 Å². The van der Waals surface area contributed by atoms with Crippen LogP contribution < -0.4 is 4.74 Å². The Balaban J connectivity index is 1.50. The van der Waals surface area contributed by atoms with Gasteiger partial charge < -0.3 is 9.30 Å². The number of hydrogen-bond acceptors (Lipinski definition) is 3. The Morgan fingerprint density at radius 1 is 1.32 bits per heavy atom. The smallest absolute Gasteiger partial charge is 0.123 e. The predicted molar refractivity (Wildman–Crippen MR) is 83.1 cm³/mol. The Labute approximate surface area is 130 Å². The van der Waals surface area contributed by atoms with E-state index >= 15 is 0 Å². The lowest BCUT2D eigenvalue weighted by atomic mass is 9.99. The fraction of sp³-hybridized carbons (Fsp3) is 0.471. The zero-order valence-electron chi connectivity index (χ0n) is 12.9. The van der Waals surface area contributed by atoms with Gasteiger partial charge in [-0.25, -0.2) is 9.37 Å². The standard InChI is InChI=1S/C17H22FN3O/c1-20-10-8-19-17(20)12-21-9-2-3-14(11-21)13-22-16-6-4-15(18)5-7-16/h4-8,10,14H,2-3,9,11-13H2,1H3/t14-/m1/s1. The molecule has 1 atom stereocenters. The summed E-state index contributed by atoms with van der Waals surface area (Å²) in [4.78, 5) is 6.83. The summed E-state index contributed by atoms with van der Waals surface area (Å²) in [5.74, 6) is 2.12. The van der Waals surface area contributed by atoms with Gasteiger partial charge in [-0.3, -0.25) is 4.90 Å². The molecule has 0 unspecified atom stereocenters. The Hall–Kier alpha value is -1.88. The molecule has 5 heteroatoms. The molecular formula is C17H22FN3O. The second-order valence-corrected chi connectivity index (χ2v) is 5.96. The number of halogens is 1. The fourth-order valence-electron chi connectivity index (χ4n) is 2.92. The van der Waals surface area contributed by atoms with Crippen LogP contribution in [-0.2, 0) is 13.6 Å². The predicted octanol–water partition coefficient (Wildman–Crippen LogP) is 2.85. The number of nitrogens with zero attached hydrogens (tertiary/aromatic N) is 3. The summed E-state index contributed by atoms with van der Waals surface area (Å²) in [5, 5.41) is 0. The SMILES string of the molecule is Cn1ccnc1CN1CCC[C@@H](COc2ccc(F)cc2)C1. The van der Waals surface area contributed by atoms with E-state index in [1.807, 2.05) is 19.4 Å². The van der Waals surface area contributed by atoms with Crippen LogP contribution in [-0.4, -0.2) is 34.1 Å². The topological polar surface area (TPSA) is 30.3 Å². The Kier molecular flexibility index (Phi) is 4.73. The van der Waals surface area contributed by atoms with Crippen molar-refractivity contribution in [1.82, 2.24) is 14.5 Å². The Morgan fingerprint density at radius 3 is 2.86 bits per heavy atom. The number of imidazole rings is 1. The number of rotatable bonds is 5. The summed E-state index contributed by atoms with van der Waals surface area (Å²) in [5.41, 5.74) is 0. The van der Waals surface area contributed by atoms with Crippen molar-refractivity contribution in [3.8, 4) is 5.75 Å². The minimum absolute atomic E-state index is 0.230. The van der Waals surface area contributed by atoms with E-state index in [1.165, 1.54) is 25.0 Å². The molecule has 0 bridgehead atoms. The molecule has 0 saturated carbocycles. The van der Waals surface area contributed by atoms with E-state index in [9.17, 15) is 4.39 Å². The van der Waals surface area contributed by atoms with Gasteiger partial charge in [0.25, 0.3) is 0 Å². The maximum atomic E-state index is 12.9. The molecule has 0 N–H and O–H groups in total. The van der Waals surface area contributed by atoms with Crippen LogP contribution in [0, 0.1) is 11.7 Å². The molecule has 0 aliphatic carbocycles. The zero-order chi connectivity index (χ0) is 15.4. The molecule has 3 rings (SSSR count). The molecule has 22 heavy (non-hydrogen) atoms. The van der Waals surface area contributed by atoms with Crippen LogP contribution in [0.25, 0.3) is 0 Å². The molecule has 1 aliphatic heterocycles. The van der Waals surface area contributed by atoms with E-state index in [2.05, 4.69) is 14.5 Å². The molecule has 0 amide bonds. The number of ether oxygens (including phenoxy) is 1. The molecule has 1 aromatic heterocycles. The van der Waals surface area contributed by atoms with Gasteiger partial charge in [-0.1, -0.05) is 0 Å². The molecule has 1 saturated heterocycles. The lowest BCUT2D eigenvalue weighted by molar-refractivity contribution is 0.122. The van der Waals surface area contributed by atoms with Crippen molar-refractivity contribution in [3.05, 3.63) is 48.3 Å². The van der Waals surface area contributed by atoms with Crippen molar-refractivity contribution in [2.45, 2.75) is 19.4 Å². The molecule has 0 spiro atoms. The van der Waals surface area contributed by atoms with Gasteiger partial charge in [-0.15, -0.1) is 0 Å². The first-order chi connectivity index (χ1) is 10.7. The van der Waals surface area contributed by atoms with E-state index in [0.29, 0.717) is 12.5 Å². The van der Waals surface area contributed by atoms with Gasteiger partial charge in [0, 0.05) is 31.9 Å². The van der Waals surface area contributed by atoms with Gasteiger partial charge >= 0.3 is 0 Å². The van der Waals surface area contributed by atoms with E-state index in [0.717, 1.165) is 31.2 Å². The molecular weight excluding hydrogens is 281 g/mol. The first-order valence-corrected chi connectivity index (χ1v) is 7.77. The van der Waals surface area contributed by atoms with Gasteiger partial charge in [0.15, 0.2) is 0 Å². The summed E-state index contributed by atoms with van der Waals surface area (Å²) in [6.07, 6.45) is 6.18. The minimum Gasteiger partial charge on any atom is -0.493 e. The van der Waals surface area contributed by atoms with Crippen LogP contribution in [0.1, 0.15) is 18.7 Å². The lowest BCUT2D eigenvalue weighted by Gasteiger charge is -2.32. The number of hydrogen-bond donors (Lipinski definition) is 0. The van der Waals surface area contributed by atoms with Crippen molar-refractivity contribution in [1.29, 1.82) is 0 Å². The van der Waals surface area contributed by atoms with Gasteiger partial charge in [0.05, 0.1) is 13.2 Å². The number of aromatic nitrogens is 2. The van der Waals surface area contributed by atoms with Gasteiger partial charge in [0.1, 0.15) is 17.4 Å². The Bertz CT molecular complexity index is 596. The maximum Gasteiger partial charge on any atom is 0.123 e. The average molecular weight is 303 g/mol. The summed E-state index contributed by atoms with van der Waals surface area (Å²) < 4.78 is 20.7. The van der Waals surface area contributed by atoms with Crippen molar-refractivity contribution >= 4 is 0 Å². The highest BCUT2D eigenvalue weighted by atomic mass is 19.1. The summed E-state index contributed by atoms with van der Waals surface area (Å²) in [7, 11) is 2.03. The largest absolute Gasteiger partial charge is 0.493 e. The molecule has 1 aliphatic rings. The summed E-state index contributed by atoms with van der Waals surface area (Å²) in [6, 6.07) is 6.24. The summed E-state index contributed by atoms with van der Waals surface area (Å²) >= 11 is 0. The highest BCUT2D eigenvalue weighted by molar-refractivity contribution is 5.22. The van der Waals surface area contributed by atoms with Gasteiger partial charge in [0.2, 0.25) is 0 Å². The van der Waals surface area contributed by atoms with E-state index in [1.54, 1.807) is 12.1 Å².